The molecular weight excluding hydrogens is 304 g/mol. The van der Waals surface area contributed by atoms with E-state index in [4.69, 9.17) is 11.6 Å². The van der Waals surface area contributed by atoms with Gasteiger partial charge in [0.2, 0.25) is 0 Å². The maximum atomic E-state index is 11.3. The number of halogens is 1. The molecule has 1 aromatic carbocycles. The van der Waals surface area contributed by atoms with Crippen molar-refractivity contribution in [2.75, 3.05) is 0 Å². The van der Waals surface area contributed by atoms with Crippen LogP contribution in [-0.2, 0) is 7.05 Å². The van der Waals surface area contributed by atoms with Gasteiger partial charge in [-0.1, -0.05) is 23.7 Å². The molecular formula is C15H9ClN4O2. The number of fused-ring (bicyclic) bond motifs is 1. The summed E-state index contributed by atoms with van der Waals surface area (Å²) in [5.41, 5.74) is 1.67. The van der Waals surface area contributed by atoms with E-state index in [1.54, 1.807) is 31.4 Å². The molecule has 0 aliphatic carbocycles. The van der Waals surface area contributed by atoms with E-state index in [9.17, 15) is 15.2 Å². The number of rotatable bonds is 2. The Bertz CT molecular complexity index is 956. The molecule has 22 heavy (non-hydrogen) atoms. The number of aromatic nitrogens is 3. The smallest absolute Gasteiger partial charge is 0.354 e. The first kappa shape index (κ1) is 14.0. The molecule has 0 aliphatic rings. The molecule has 3 aromatic rings. The number of pyridine rings is 1. The molecule has 0 bridgehead atoms. The minimum absolute atomic E-state index is 0.148. The van der Waals surface area contributed by atoms with Crippen LogP contribution in [0.5, 0.6) is 0 Å². The standard InChI is InChI=1S/C15H9ClN4O2/c1-20-14(16)11(7-18-20)10-5-12(15(21)22)19-13-8(6-17)3-2-4-9(10)13/h2-5,7H,1H3,(H,21,22). The Morgan fingerprint density at radius 3 is 2.77 bits per heavy atom. The van der Waals surface area contributed by atoms with Crippen LogP contribution in [0.15, 0.2) is 30.5 Å². The summed E-state index contributed by atoms with van der Waals surface area (Å²) in [6.45, 7) is 0. The van der Waals surface area contributed by atoms with E-state index < -0.39 is 5.97 Å². The summed E-state index contributed by atoms with van der Waals surface area (Å²) in [5.74, 6) is -1.17. The maximum Gasteiger partial charge on any atom is 0.354 e. The molecule has 0 aliphatic heterocycles. The van der Waals surface area contributed by atoms with Gasteiger partial charge in [0.15, 0.2) is 0 Å². The van der Waals surface area contributed by atoms with Gasteiger partial charge in [0.05, 0.1) is 17.3 Å². The molecule has 0 unspecified atom stereocenters. The van der Waals surface area contributed by atoms with Crippen LogP contribution in [0.3, 0.4) is 0 Å². The van der Waals surface area contributed by atoms with E-state index in [-0.39, 0.29) is 5.69 Å². The lowest BCUT2D eigenvalue weighted by atomic mass is 10.0. The second-order valence-electron chi connectivity index (χ2n) is 4.65. The molecule has 3 rings (SSSR count). The van der Waals surface area contributed by atoms with Crippen molar-refractivity contribution in [1.29, 1.82) is 5.26 Å². The number of hydrogen-bond donors (Lipinski definition) is 1. The van der Waals surface area contributed by atoms with Gasteiger partial charge in [0, 0.05) is 18.0 Å². The minimum atomic E-state index is -1.17. The highest BCUT2D eigenvalue weighted by Crippen LogP contribution is 2.34. The van der Waals surface area contributed by atoms with E-state index in [1.165, 1.54) is 10.7 Å². The monoisotopic (exact) mass is 312 g/mol. The first-order chi connectivity index (χ1) is 10.5. The number of nitrogens with zero attached hydrogens (tertiary/aromatic N) is 4. The third-order valence-corrected chi connectivity index (χ3v) is 3.78. The third-order valence-electron chi connectivity index (χ3n) is 3.34. The summed E-state index contributed by atoms with van der Waals surface area (Å²) in [6, 6.07) is 8.55. The first-order valence-electron chi connectivity index (χ1n) is 6.28. The highest BCUT2D eigenvalue weighted by atomic mass is 35.5. The van der Waals surface area contributed by atoms with Crippen molar-refractivity contribution in [2.45, 2.75) is 0 Å². The molecule has 0 spiro atoms. The molecule has 108 valence electrons. The largest absolute Gasteiger partial charge is 0.477 e. The number of carboxylic acid groups (broad SMARTS) is 1. The van der Waals surface area contributed by atoms with Gasteiger partial charge in [-0.3, -0.25) is 4.68 Å². The first-order valence-corrected chi connectivity index (χ1v) is 6.65. The Labute approximate surface area is 130 Å². The van der Waals surface area contributed by atoms with Crippen LogP contribution in [0.4, 0.5) is 0 Å². The number of aromatic carboxylic acids is 1. The van der Waals surface area contributed by atoms with Crippen molar-refractivity contribution in [1.82, 2.24) is 14.8 Å². The molecule has 7 heteroatoms. The zero-order valence-electron chi connectivity index (χ0n) is 11.4. The Hall–Kier alpha value is -2.91. The highest BCUT2D eigenvalue weighted by molar-refractivity contribution is 6.32. The van der Waals surface area contributed by atoms with Crippen LogP contribution in [-0.4, -0.2) is 25.8 Å². The summed E-state index contributed by atoms with van der Waals surface area (Å²) in [4.78, 5) is 15.4. The van der Waals surface area contributed by atoms with Gasteiger partial charge in [-0.2, -0.15) is 10.4 Å². The fourth-order valence-electron chi connectivity index (χ4n) is 2.27. The van der Waals surface area contributed by atoms with Crippen molar-refractivity contribution in [3.05, 3.63) is 46.9 Å². The molecule has 0 radical (unpaired) electrons. The Kier molecular flexibility index (Phi) is 3.28. The quantitative estimate of drug-likeness (QED) is 0.785. The van der Waals surface area contributed by atoms with Gasteiger partial charge >= 0.3 is 5.97 Å². The van der Waals surface area contributed by atoms with E-state index in [2.05, 4.69) is 10.1 Å². The lowest BCUT2D eigenvalue weighted by molar-refractivity contribution is 0.0691. The number of carboxylic acids is 1. The zero-order valence-corrected chi connectivity index (χ0v) is 12.2. The van der Waals surface area contributed by atoms with Gasteiger partial charge in [-0.05, 0) is 17.7 Å². The fraction of sp³-hybridized carbons (Fsp3) is 0.0667. The van der Waals surface area contributed by atoms with Crippen LogP contribution in [0.25, 0.3) is 22.0 Å². The van der Waals surface area contributed by atoms with Crippen LogP contribution in [0, 0.1) is 11.3 Å². The number of benzene rings is 1. The third kappa shape index (κ3) is 2.08. The average molecular weight is 313 g/mol. The van der Waals surface area contributed by atoms with Crippen molar-refractivity contribution >= 4 is 28.5 Å². The molecule has 2 heterocycles. The molecule has 2 aromatic heterocycles. The van der Waals surface area contributed by atoms with Gasteiger partial charge in [-0.15, -0.1) is 0 Å². The van der Waals surface area contributed by atoms with Crippen LogP contribution in [0.2, 0.25) is 5.15 Å². The van der Waals surface area contributed by atoms with Crippen molar-refractivity contribution in [3.8, 4) is 17.2 Å². The van der Waals surface area contributed by atoms with Crippen LogP contribution >= 0.6 is 11.6 Å². The second kappa shape index (κ2) is 5.13. The lowest BCUT2D eigenvalue weighted by Gasteiger charge is -2.08. The van der Waals surface area contributed by atoms with Crippen LogP contribution in [0.1, 0.15) is 16.1 Å². The zero-order chi connectivity index (χ0) is 15.9. The number of para-hydroxylation sites is 1. The summed E-state index contributed by atoms with van der Waals surface area (Å²) in [6.07, 6.45) is 1.56. The van der Waals surface area contributed by atoms with Crippen molar-refractivity contribution in [2.24, 2.45) is 7.05 Å². The number of carbonyl (C=O) groups is 1. The van der Waals surface area contributed by atoms with Gasteiger partial charge in [0.25, 0.3) is 0 Å². The molecule has 0 atom stereocenters. The van der Waals surface area contributed by atoms with E-state index in [0.29, 0.717) is 32.7 Å². The average Bonchev–Trinajstić information content (AvgIpc) is 2.85. The lowest BCUT2D eigenvalue weighted by Crippen LogP contribution is -2.02. The number of nitriles is 1. The van der Waals surface area contributed by atoms with Crippen molar-refractivity contribution < 1.29 is 9.90 Å². The molecule has 6 nitrogen and oxygen atoms in total. The summed E-state index contributed by atoms with van der Waals surface area (Å²) < 4.78 is 1.48. The van der Waals surface area contributed by atoms with Gasteiger partial charge in [-0.25, -0.2) is 9.78 Å². The normalized spacial score (nSPS) is 10.6. The topological polar surface area (TPSA) is 91.8 Å². The molecule has 0 saturated heterocycles. The van der Waals surface area contributed by atoms with Gasteiger partial charge < -0.3 is 5.11 Å². The number of aryl methyl sites for hydroxylation is 1. The van der Waals surface area contributed by atoms with E-state index >= 15 is 0 Å². The molecule has 0 saturated carbocycles. The van der Waals surface area contributed by atoms with E-state index in [1.807, 2.05) is 6.07 Å². The van der Waals surface area contributed by atoms with Crippen molar-refractivity contribution in [3.63, 3.8) is 0 Å². The number of hydrogen-bond acceptors (Lipinski definition) is 4. The Balaban J connectivity index is 2.45. The predicted molar refractivity (Wildman–Crippen MR) is 80.6 cm³/mol. The van der Waals surface area contributed by atoms with Gasteiger partial charge in [0.1, 0.15) is 16.9 Å². The molecule has 1 N–H and O–H groups in total. The Morgan fingerprint density at radius 2 is 2.18 bits per heavy atom. The minimum Gasteiger partial charge on any atom is -0.477 e. The summed E-state index contributed by atoms with van der Waals surface area (Å²) >= 11 is 6.22. The summed E-state index contributed by atoms with van der Waals surface area (Å²) in [5, 5.41) is 23.6. The Morgan fingerprint density at radius 1 is 1.41 bits per heavy atom. The SMILES string of the molecule is Cn1ncc(-c2cc(C(=O)O)nc3c(C#N)cccc23)c1Cl. The highest BCUT2D eigenvalue weighted by Gasteiger charge is 2.17. The second-order valence-corrected chi connectivity index (χ2v) is 5.00. The van der Waals surface area contributed by atoms with E-state index in [0.717, 1.165) is 0 Å². The summed E-state index contributed by atoms with van der Waals surface area (Å²) in [7, 11) is 1.69. The van der Waals surface area contributed by atoms with Crippen LogP contribution < -0.4 is 0 Å². The predicted octanol–water partition coefficient (Wildman–Crippen LogP) is 2.86. The molecule has 0 amide bonds. The maximum absolute atomic E-state index is 11.3. The molecule has 0 fully saturated rings. The fourth-order valence-corrected chi connectivity index (χ4v) is 2.47.